The first-order valence-corrected chi connectivity index (χ1v) is 7.22. The van der Waals surface area contributed by atoms with Gasteiger partial charge >= 0.3 is 5.97 Å². The van der Waals surface area contributed by atoms with Crippen LogP contribution >= 0.6 is 23.4 Å². The van der Waals surface area contributed by atoms with Crippen molar-refractivity contribution in [2.45, 2.75) is 24.7 Å². The van der Waals surface area contributed by atoms with Crippen molar-refractivity contribution >= 4 is 29.3 Å². The molecule has 0 bridgehead atoms. The molecule has 0 amide bonds. The molecule has 0 unspecified atom stereocenters. The van der Waals surface area contributed by atoms with Gasteiger partial charge in [0, 0.05) is 5.02 Å². The van der Waals surface area contributed by atoms with Gasteiger partial charge < -0.3 is 9.84 Å². The summed E-state index contributed by atoms with van der Waals surface area (Å²) in [4.78, 5) is 11.9. The molecule has 1 aromatic carbocycles. The first-order chi connectivity index (χ1) is 8.45. The number of esters is 1. The van der Waals surface area contributed by atoms with Crippen molar-refractivity contribution in [2.24, 2.45) is 0 Å². The SMILES string of the molecule is CCOC(=O)[C@@](C)(SC)[C@H](O)c1ccc(Cl)cc1. The number of carbonyl (C=O) groups is 1. The minimum absolute atomic E-state index is 0.294. The fourth-order valence-corrected chi connectivity index (χ4v) is 2.26. The molecule has 1 N–H and O–H groups in total. The van der Waals surface area contributed by atoms with Crippen LogP contribution in [0, 0.1) is 0 Å². The average Bonchev–Trinajstić information content (AvgIpc) is 2.38. The summed E-state index contributed by atoms with van der Waals surface area (Å²) in [5.41, 5.74) is 0.643. The molecule has 0 radical (unpaired) electrons. The molecular weight excluding hydrogens is 272 g/mol. The van der Waals surface area contributed by atoms with Crippen molar-refractivity contribution in [1.82, 2.24) is 0 Å². The van der Waals surface area contributed by atoms with E-state index in [0.717, 1.165) is 0 Å². The monoisotopic (exact) mass is 288 g/mol. The Hall–Kier alpha value is -0.710. The molecule has 0 aliphatic heterocycles. The Morgan fingerprint density at radius 2 is 2.06 bits per heavy atom. The fourth-order valence-electron chi connectivity index (χ4n) is 1.54. The molecule has 0 heterocycles. The predicted octanol–water partition coefficient (Wildman–Crippen LogP) is 3.06. The van der Waals surface area contributed by atoms with Gasteiger partial charge in [-0.15, -0.1) is 11.8 Å². The molecule has 2 atom stereocenters. The molecular formula is C13H17ClO3S. The maximum atomic E-state index is 11.9. The van der Waals surface area contributed by atoms with E-state index in [9.17, 15) is 9.90 Å². The smallest absolute Gasteiger partial charge is 0.324 e. The van der Waals surface area contributed by atoms with Crippen LogP contribution in [0.4, 0.5) is 0 Å². The van der Waals surface area contributed by atoms with Crippen LogP contribution in [0.2, 0.25) is 5.02 Å². The Kier molecular flexibility index (Phi) is 5.50. The second kappa shape index (κ2) is 6.45. The summed E-state index contributed by atoms with van der Waals surface area (Å²) in [7, 11) is 0. The van der Waals surface area contributed by atoms with Crippen LogP contribution in [0.15, 0.2) is 24.3 Å². The molecule has 18 heavy (non-hydrogen) atoms. The predicted molar refractivity (Wildman–Crippen MR) is 75.0 cm³/mol. The summed E-state index contributed by atoms with van der Waals surface area (Å²) < 4.78 is 3.99. The van der Waals surface area contributed by atoms with Gasteiger partial charge in [-0.05, 0) is 37.8 Å². The molecule has 0 aliphatic carbocycles. The largest absolute Gasteiger partial charge is 0.465 e. The van der Waals surface area contributed by atoms with Crippen molar-refractivity contribution < 1.29 is 14.6 Å². The average molecular weight is 289 g/mol. The Labute approximate surface area is 116 Å². The molecule has 0 saturated carbocycles. The number of aliphatic hydroxyl groups is 1. The third-order valence-corrected chi connectivity index (χ3v) is 4.30. The number of hydrogen-bond donors (Lipinski definition) is 1. The molecule has 1 aromatic rings. The second-order valence-corrected chi connectivity index (χ2v) is 5.68. The summed E-state index contributed by atoms with van der Waals surface area (Å²) in [5, 5.41) is 11.0. The van der Waals surface area contributed by atoms with Crippen LogP contribution in [0.3, 0.4) is 0 Å². The molecule has 5 heteroatoms. The summed E-state index contributed by atoms with van der Waals surface area (Å²) in [6.45, 7) is 3.71. The first-order valence-electron chi connectivity index (χ1n) is 5.61. The zero-order valence-corrected chi connectivity index (χ0v) is 12.2. The van der Waals surface area contributed by atoms with E-state index in [1.165, 1.54) is 11.8 Å². The fraction of sp³-hybridized carbons (Fsp3) is 0.462. The maximum Gasteiger partial charge on any atom is 0.324 e. The lowest BCUT2D eigenvalue weighted by Gasteiger charge is -2.30. The topological polar surface area (TPSA) is 46.5 Å². The molecule has 0 aromatic heterocycles. The van der Waals surface area contributed by atoms with E-state index < -0.39 is 16.8 Å². The number of ether oxygens (including phenoxy) is 1. The van der Waals surface area contributed by atoms with Crippen LogP contribution in [0.25, 0.3) is 0 Å². The number of thioether (sulfide) groups is 1. The zero-order valence-electron chi connectivity index (χ0n) is 10.6. The highest BCUT2D eigenvalue weighted by Gasteiger charge is 2.42. The van der Waals surface area contributed by atoms with Crippen molar-refractivity contribution in [2.75, 3.05) is 12.9 Å². The highest BCUT2D eigenvalue weighted by Crippen LogP contribution is 2.37. The van der Waals surface area contributed by atoms with Crippen LogP contribution in [0.5, 0.6) is 0 Å². The van der Waals surface area contributed by atoms with E-state index >= 15 is 0 Å². The van der Waals surface area contributed by atoms with E-state index in [4.69, 9.17) is 16.3 Å². The maximum absolute atomic E-state index is 11.9. The summed E-state index contributed by atoms with van der Waals surface area (Å²) >= 11 is 7.07. The second-order valence-electron chi connectivity index (χ2n) is 3.99. The van der Waals surface area contributed by atoms with Gasteiger partial charge in [-0.1, -0.05) is 23.7 Å². The van der Waals surface area contributed by atoms with E-state index in [2.05, 4.69) is 0 Å². The van der Waals surface area contributed by atoms with E-state index in [1.54, 1.807) is 44.4 Å². The number of halogens is 1. The number of aliphatic hydroxyl groups excluding tert-OH is 1. The Morgan fingerprint density at radius 3 is 2.50 bits per heavy atom. The highest BCUT2D eigenvalue weighted by molar-refractivity contribution is 8.00. The van der Waals surface area contributed by atoms with Gasteiger partial charge in [0.15, 0.2) is 0 Å². The molecule has 0 saturated heterocycles. The van der Waals surface area contributed by atoms with Crippen molar-refractivity contribution in [3.8, 4) is 0 Å². The van der Waals surface area contributed by atoms with Crippen molar-refractivity contribution in [3.63, 3.8) is 0 Å². The van der Waals surface area contributed by atoms with Crippen LogP contribution in [-0.4, -0.2) is 28.7 Å². The highest BCUT2D eigenvalue weighted by atomic mass is 35.5. The molecule has 100 valence electrons. The van der Waals surface area contributed by atoms with Gasteiger partial charge in [0.25, 0.3) is 0 Å². The summed E-state index contributed by atoms with van der Waals surface area (Å²) in [6.07, 6.45) is 0.833. The first kappa shape index (κ1) is 15.3. The third kappa shape index (κ3) is 3.19. The Morgan fingerprint density at radius 1 is 1.50 bits per heavy atom. The lowest BCUT2D eigenvalue weighted by Crippen LogP contribution is -2.39. The lowest BCUT2D eigenvalue weighted by atomic mass is 9.96. The van der Waals surface area contributed by atoms with Crippen LogP contribution in [0.1, 0.15) is 25.5 Å². The van der Waals surface area contributed by atoms with E-state index in [-0.39, 0.29) is 0 Å². The van der Waals surface area contributed by atoms with Crippen molar-refractivity contribution in [3.05, 3.63) is 34.9 Å². The lowest BCUT2D eigenvalue weighted by molar-refractivity contribution is -0.148. The van der Waals surface area contributed by atoms with Gasteiger partial charge in [-0.25, -0.2) is 0 Å². The zero-order chi connectivity index (χ0) is 13.8. The van der Waals surface area contributed by atoms with Crippen LogP contribution in [-0.2, 0) is 9.53 Å². The summed E-state index contributed by atoms with van der Waals surface area (Å²) in [6, 6.07) is 6.79. The standard InChI is InChI=1S/C13H17ClO3S/c1-4-17-12(16)13(2,18-3)11(15)9-5-7-10(14)8-6-9/h5-8,11,15H,4H2,1-3H3/t11-,13+/m1/s1. The van der Waals surface area contributed by atoms with Gasteiger partial charge in [-0.2, -0.15) is 0 Å². The van der Waals surface area contributed by atoms with E-state index in [0.29, 0.717) is 17.2 Å². The number of benzene rings is 1. The Balaban J connectivity index is 3.00. The Bertz CT molecular complexity index is 407. The molecule has 1 rings (SSSR count). The quantitative estimate of drug-likeness (QED) is 0.846. The van der Waals surface area contributed by atoms with E-state index in [1.807, 2.05) is 0 Å². The van der Waals surface area contributed by atoms with Crippen LogP contribution < -0.4 is 0 Å². The van der Waals surface area contributed by atoms with Gasteiger partial charge in [0.1, 0.15) is 10.9 Å². The molecule has 0 spiro atoms. The van der Waals surface area contributed by atoms with Gasteiger partial charge in [0.2, 0.25) is 0 Å². The number of carbonyl (C=O) groups excluding carboxylic acids is 1. The van der Waals surface area contributed by atoms with Gasteiger partial charge in [0.05, 0.1) is 6.61 Å². The minimum atomic E-state index is -1.02. The molecule has 3 nitrogen and oxygen atoms in total. The third-order valence-electron chi connectivity index (χ3n) is 2.81. The van der Waals surface area contributed by atoms with Crippen molar-refractivity contribution in [1.29, 1.82) is 0 Å². The molecule has 0 fully saturated rings. The summed E-state index contributed by atoms with van der Waals surface area (Å²) in [5.74, 6) is -0.417. The minimum Gasteiger partial charge on any atom is -0.465 e. The van der Waals surface area contributed by atoms with Gasteiger partial charge in [-0.3, -0.25) is 4.79 Å². The number of rotatable bonds is 5. The number of hydrogen-bond acceptors (Lipinski definition) is 4. The normalized spacial score (nSPS) is 15.8. The molecule has 0 aliphatic rings.